The van der Waals surface area contributed by atoms with E-state index in [2.05, 4.69) is 16.1 Å². The molecule has 0 radical (unpaired) electrons. The Morgan fingerprint density at radius 1 is 1.63 bits per heavy atom. The molecule has 6 heteroatoms. The van der Waals surface area contributed by atoms with Gasteiger partial charge in [-0.05, 0) is 19.4 Å². The third-order valence-electron chi connectivity index (χ3n) is 3.57. The lowest BCUT2D eigenvalue weighted by Crippen LogP contribution is -2.38. The first-order valence-corrected chi connectivity index (χ1v) is 7.35. The van der Waals surface area contributed by atoms with Crippen molar-refractivity contribution in [2.45, 2.75) is 19.4 Å². The quantitative estimate of drug-likeness (QED) is 0.804. The number of fused-ring (bicyclic) bond motifs is 1. The van der Waals surface area contributed by atoms with Gasteiger partial charge in [0.1, 0.15) is 0 Å². The molecule has 19 heavy (non-hydrogen) atoms. The van der Waals surface area contributed by atoms with Crippen LogP contribution in [-0.4, -0.2) is 40.5 Å². The van der Waals surface area contributed by atoms with Crippen LogP contribution in [0, 0.1) is 5.92 Å². The van der Waals surface area contributed by atoms with E-state index in [0.717, 1.165) is 43.1 Å². The topological polar surface area (TPSA) is 46.8 Å². The van der Waals surface area contributed by atoms with E-state index in [1.54, 1.807) is 11.3 Å². The van der Waals surface area contributed by atoms with Gasteiger partial charge in [0.15, 0.2) is 4.96 Å². The van der Waals surface area contributed by atoms with Gasteiger partial charge in [-0.25, -0.2) is 4.98 Å². The lowest BCUT2D eigenvalue weighted by Gasteiger charge is -2.30. The second kappa shape index (κ2) is 5.30. The smallest absolute Gasteiger partial charge is 0.309 e. The van der Waals surface area contributed by atoms with Crippen molar-refractivity contribution in [1.29, 1.82) is 0 Å². The van der Waals surface area contributed by atoms with E-state index in [9.17, 15) is 4.79 Å². The third kappa shape index (κ3) is 2.64. The lowest BCUT2D eigenvalue weighted by atomic mass is 9.98. The van der Waals surface area contributed by atoms with E-state index in [0.29, 0.717) is 0 Å². The molecule has 1 aliphatic rings. The Morgan fingerprint density at radius 3 is 3.32 bits per heavy atom. The van der Waals surface area contributed by atoms with Gasteiger partial charge >= 0.3 is 5.97 Å². The first-order chi connectivity index (χ1) is 9.26. The summed E-state index contributed by atoms with van der Waals surface area (Å²) in [5.74, 6) is -0.0713. The fourth-order valence-electron chi connectivity index (χ4n) is 2.64. The summed E-state index contributed by atoms with van der Waals surface area (Å²) in [6.45, 7) is 2.61. The molecule has 0 amide bonds. The van der Waals surface area contributed by atoms with E-state index in [-0.39, 0.29) is 11.9 Å². The summed E-state index contributed by atoms with van der Waals surface area (Å²) in [5.41, 5.74) is 1.07. The van der Waals surface area contributed by atoms with Gasteiger partial charge in [0.2, 0.25) is 0 Å². The Bertz CT molecular complexity index is 549. The normalized spacial score (nSPS) is 20.8. The minimum absolute atomic E-state index is 0.0162. The Hall–Kier alpha value is -1.40. The molecule has 0 N–H and O–H groups in total. The second-order valence-electron chi connectivity index (χ2n) is 4.92. The summed E-state index contributed by atoms with van der Waals surface area (Å²) >= 11 is 1.64. The number of hydrogen-bond donors (Lipinski definition) is 0. The van der Waals surface area contributed by atoms with Crippen LogP contribution in [0.25, 0.3) is 4.96 Å². The Kier molecular flexibility index (Phi) is 3.52. The molecular weight excluding hydrogens is 262 g/mol. The highest BCUT2D eigenvalue weighted by Gasteiger charge is 2.26. The molecule has 0 aromatic carbocycles. The SMILES string of the molecule is COC(=O)[C@H]1CCCN(Cc2cn3ccsc3n2)C1. The first kappa shape index (κ1) is 12.6. The molecule has 1 aliphatic heterocycles. The van der Waals surface area contributed by atoms with Gasteiger partial charge in [0, 0.05) is 30.9 Å². The maximum absolute atomic E-state index is 11.6. The highest BCUT2D eigenvalue weighted by atomic mass is 32.1. The van der Waals surface area contributed by atoms with Crippen molar-refractivity contribution in [2.75, 3.05) is 20.2 Å². The zero-order chi connectivity index (χ0) is 13.2. The monoisotopic (exact) mass is 279 g/mol. The molecule has 0 saturated carbocycles. The van der Waals surface area contributed by atoms with Crippen LogP contribution in [0.4, 0.5) is 0 Å². The fraction of sp³-hybridized carbons (Fsp3) is 0.538. The zero-order valence-electron chi connectivity index (χ0n) is 10.9. The summed E-state index contributed by atoms with van der Waals surface area (Å²) in [6.07, 6.45) is 6.06. The van der Waals surface area contributed by atoms with Crippen molar-refractivity contribution in [1.82, 2.24) is 14.3 Å². The average Bonchev–Trinajstić information content (AvgIpc) is 2.99. The minimum Gasteiger partial charge on any atom is -0.469 e. The van der Waals surface area contributed by atoms with Crippen LogP contribution in [0.3, 0.4) is 0 Å². The van der Waals surface area contributed by atoms with Gasteiger partial charge in [-0.1, -0.05) is 0 Å². The number of esters is 1. The fourth-order valence-corrected chi connectivity index (χ4v) is 3.36. The summed E-state index contributed by atoms with van der Waals surface area (Å²) < 4.78 is 6.88. The van der Waals surface area contributed by atoms with Gasteiger partial charge in [0.05, 0.1) is 18.7 Å². The summed E-state index contributed by atoms with van der Waals surface area (Å²) in [4.78, 5) is 19.5. The average molecular weight is 279 g/mol. The third-order valence-corrected chi connectivity index (χ3v) is 4.34. The number of piperidine rings is 1. The largest absolute Gasteiger partial charge is 0.469 e. The summed E-state index contributed by atoms with van der Waals surface area (Å²) in [7, 11) is 1.46. The number of imidazole rings is 1. The van der Waals surface area contributed by atoms with Crippen LogP contribution in [0.5, 0.6) is 0 Å². The maximum atomic E-state index is 11.6. The van der Waals surface area contributed by atoms with Crippen molar-refractivity contribution in [3.8, 4) is 0 Å². The number of ether oxygens (including phenoxy) is 1. The van der Waals surface area contributed by atoms with Crippen LogP contribution in [0.1, 0.15) is 18.5 Å². The molecule has 102 valence electrons. The molecular formula is C13H17N3O2S. The number of rotatable bonds is 3. The lowest BCUT2D eigenvalue weighted by molar-refractivity contribution is -0.147. The zero-order valence-corrected chi connectivity index (χ0v) is 11.7. The van der Waals surface area contributed by atoms with Crippen molar-refractivity contribution >= 4 is 22.3 Å². The molecule has 3 rings (SSSR count). The molecule has 0 unspecified atom stereocenters. The number of likely N-dealkylation sites (tertiary alicyclic amines) is 1. The molecule has 0 spiro atoms. The molecule has 1 fully saturated rings. The second-order valence-corrected chi connectivity index (χ2v) is 5.80. The van der Waals surface area contributed by atoms with Crippen LogP contribution in [-0.2, 0) is 16.1 Å². The van der Waals surface area contributed by atoms with Gasteiger partial charge in [-0.3, -0.25) is 14.1 Å². The standard InChI is InChI=1S/C13H17N3O2S/c1-18-12(17)10-3-2-4-15(7-10)8-11-9-16-5-6-19-13(16)14-11/h5-6,9-10H,2-4,7-8H2,1H3/t10-/m0/s1. The first-order valence-electron chi connectivity index (χ1n) is 6.47. The Labute approximate surface area is 115 Å². The van der Waals surface area contributed by atoms with Crippen LogP contribution < -0.4 is 0 Å². The summed E-state index contributed by atoms with van der Waals surface area (Å²) in [6, 6.07) is 0. The van der Waals surface area contributed by atoms with Crippen LogP contribution in [0.15, 0.2) is 17.8 Å². The number of methoxy groups -OCH3 is 1. The number of aromatic nitrogens is 2. The number of thiazole rings is 1. The highest BCUT2D eigenvalue weighted by molar-refractivity contribution is 7.15. The van der Waals surface area contributed by atoms with Gasteiger partial charge < -0.3 is 4.74 Å². The minimum atomic E-state index is -0.0875. The number of nitrogens with zero attached hydrogens (tertiary/aromatic N) is 3. The van der Waals surface area contributed by atoms with Crippen molar-refractivity contribution < 1.29 is 9.53 Å². The van der Waals surface area contributed by atoms with E-state index in [1.165, 1.54) is 7.11 Å². The van der Waals surface area contributed by atoms with Crippen LogP contribution >= 0.6 is 11.3 Å². The van der Waals surface area contributed by atoms with Crippen molar-refractivity contribution in [2.24, 2.45) is 5.92 Å². The van der Waals surface area contributed by atoms with Crippen molar-refractivity contribution in [3.05, 3.63) is 23.5 Å². The Morgan fingerprint density at radius 2 is 2.53 bits per heavy atom. The summed E-state index contributed by atoms with van der Waals surface area (Å²) in [5, 5.41) is 2.03. The molecule has 1 saturated heterocycles. The highest BCUT2D eigenvalue weighted by Crippen LogP contribution is 2.20. The number of carbonyl (C=O) groups excluding carboxylic acids is 1. The predicted octanol–water partition coefficient (Wildman–Crippen LogP) is 1.78. The molecule has 2 aromatic rings. The number of carbonyl (C=O) groups is 1. The molecule has 1 atom stereocenters. The van der Waals surface area contributed by atoms with Gasteiger partial charge in [-0.15, -0.1) is 11.3 Å². The maximum Gasteiger partial charge on any atom is 0.309 e. The van der Waals surface area contributed by atoms with E-state index in [1.807, 2.05) is 16.0 Å². The van der Waals surface area contributed by atoms with E-state index >= 15 is 0 Å². The van der Waals surface area contributed by atoms with Crippen LogP contribution in [0.2, 0.25) is 0 Å². The molecule has 0 aliphatic carbocycles. The van der Waals surface area contributed by atoms with Crippen molar-refractivity contribution in [3.63, 3.8) is 0 Å². The molecule has 5 nitrogen and oxygen atoms in total. The predicted molar refractivity (Wildman–Crippen MR) is 73.1 cm³/mol. The molecule has 0 bridgehead atoms. The number of hydrogen-bond acceptors (Lipinski definition) is 5. The molecule has 3 heterocycles. The van der Waals surface area contributed by atoms with E-state index in [4.69, 9.17) is 4.74 Å². The van der Waals surface area contributed by atoms with Gasteiger partial charge in [0.25, 0.3) is 0 Å². The van der Waals surface area contributed by atoms with Gasteiger partial charge in [-0.2, -0.15) is 0 Å². The Balaban J connectivity index is 1.66. The molecule has 2 aromatic heterocycles. The van der Waals surface area contributed by atoms with E-state index < -0.39 is 0 Å².